The fourth-order valence-electron chi connectivity index (χ4n) is 1.18. The molecule has 0 aromatic rings. The summed E-state index contributed by atoms with van der Waals surface area (Å²) in [6.07, 6.45) is 3.25. The van der Waals surface area contributed by atoms with E-state index in [2.05, 4.69) is 11.6 Å². The van der Waals surface area contributed by atoms with Crippen LogP contribution in [0.5, 0.6) is 0 Å². The number of rotatable bonds is 2. The van der Waals surface area contributed by atoms with Crippen LogP contribution in [0.25, 0.3) is 0 Å². The summed E-state index contributed by atoms with van der Waals surface area (Å²) in [5.41, 5.74) is 1.43. The molecule has 0 aromatic heterocycles. The maximum Gasteiger partial charge on any atom is 0.255 e. The van der Waals surface area contributed by atoms with E-state index in [-0.39, 0.29) is 5.91 Å². The Morgan fingerprint density at radius 3 is 2.83 bits per heavy atom. The molecule has 64 valence electrons. The summed E-state index contributed by atoms with van der Waals surface area (Å²) in [6, 6.07) is 0. The van der Waals surface area contributed by atoms with Crippen molar-refractivity contribution in [3.63, 3.8) is 0 Å². The highest BCUT2D eigenvalue weighted by Gasteiger charge is 2.24. The first-order chi connectivity index (χ1) is 5.70. The molecule has 1 rings (SSSR count). The normalized spacial score (nSPS) is 18.2. The van der Waals surface area contributed by atoms with Gasteiger partial charge in [0.2, 0.25) is 0 Å². The maximum absolute atomic E-state index is 11.3. The molecule has 12 heavy (non-hydrogen) atoms. The van der Waals surface area contributed by atoms with Gasteiger partial charge in [0.15, 0.2) is 0 Å². The molecule has 0 atom stereocenters. The minimum Gasteiger partial charge on any atom is -0.336 e. The van der Waals surface area contributed by atoms with Gasteiger partial charge < -0.3 is 4.90 Å². The molecule has 1 amide bonds. The fraction of sp³-hybridized carbons (Fsp3) is 0.333. The summed E-state index contributed by atoms with van der Waals surface area (Å²) < 4.78 is 0. The third kappa shape index (κ3) is 1.30. The van der Waals surface area contributed by atoms with Crippen molar-refractivity contribution in [2.45, 2.75) is 6.92 Å². The first kappa shape index (κ1) is 8.71. The molecule has 1 heterocycles. The van der Waals surface area contributed by atoms with Crippen molar-refractivity contribution in [3.8, 4) is 0 Å². The van der Waals surface area contributed by atoms with Gasteiger partial charge >= 0.3 is 0 Å². The summed E-state index contributed by atoms with van der Waals surface area (Å²) in [4.78, 5) is 17.1. The van der Waals surface area contributed by atoms with E-state index >= 15 is 0 Å². The number of aliphatic imine (C=N–C) groups is 1. The van der Waals surface area contributed by atoms with E-state index < -0.39 is 0 Å². The van der Waals surface area contributed by atoms with Crippen molar-refractivity contribution < 1.29 is 4.79 Å². The van der Waals surface area contributed by atoms with Crippen molar-refractivity contribution in [3.05, 3.63) is 23.9 Å². The van der Waals surface area contributed by atoms with Crippen LogP contribution in [0.15, 0.2) is 28.9 Å². The molecule has 3 nitrogen and oxygen atoms in total. The van der Waals surface area contributed by atoms with Gasteiger partial charge in [0.1, 0.15) is 0 Å². The predicted octanol–water partition coefficient (Wildman–Crippen LogP) is 0.989. The molecule has 1 aliphatic rings. The fourth-order valence-corrected chi connectivity index (χ4v) is 1.18. The van der Waals surface area contributed by atoms with Crippen LogP contribution in [-0.4, -0.2) is 30.6 Å². The van der Waals surface area contributed by atoms with Crippen LogP contribution in [0.3, 0.4) is 0 Å². The van der Waals surface area contributed by atoms with Gasteiger partial charge in [-0.3, -0.25) is 9.79 Å². The molecule has 0 aromatic carbocycles. The average Bonchev–Trinajstić information content (AvgIpc) is 2.29. The summed E-state index contributed by atoms with van der Waals surface area (Å²) in [6.45, 7) is 6.00. The molecule has 0 unspecified atom stereocenters. The Hall–Kier alpha value is -1.38. The lowest BCUT2D eigenvalue weighted by atomic mass is 10.2. The zero-order valence-electron chi connectivity index (χ0n) is 7.37. The zero-order chi connectivity index (χ0) is 9.14. The summed E-state index contributed by atoms with van der Waals surface area (Å²) in [7, 11) is 1.75. The van der Waals surface area contributed by atoms with Crippen molar-refractivity contribution >= 4 is 12.1 Å². The second-order valence-corrected chi connectivity index (χ2v) is 2.61. The minimum atomic E-state index is 0.00519. The van der Waals surface area contributed by atoms with Gasteiger partial charge in [-0.2, -0.15) is 0 Å². The predicted molar refractivity (Wildman–Crippen MR) is 49.0 cm³/mol. The van der Waals surface area contributed by atoms with Gasteiger partial charge in [-0.25, -0.2) is 0 Å². The number of carbonyl (C=O) groups excluding carboxylic acids is 1. The maximum atomic E-state index is 11.3. The first-order valence-electron chi connectivity index (χ1n) is 3.80. The highest BCUT2D eigenvalue weighted by molar-refractivity contribution is 5.99. The van der Waals surface area contributed by atoms with E-state index in [1.165, 1.54) is 0 Å². The van der Waals surface area contributed by atoms with E-state index in [0.29, 0.717) is 12.1 Å². The average molecular weight is 164 g/mol. The van der Waals surface area contributed by atoms with Crippen LogP contribution in [0.2, 0.25) is 0 Å². The van der Waals surface area contributed by atoms with Crippen LogP contribution in [0.1, 0.15) is 6.92 Å². The summed E-state index contributed by atoms with van der Waals surface area (Å²) >= 11 is 0. The monoisotopic (exact) mass is 164 g/mol. The third-order valence-electron chi connectivity index (χ3n) is 1.76. The third-order valence-corrected chi connectivity index (χ3v) is 1.76. The molecule has 0 spiro atoms. The molecule has 0 saturated heterocycles. The van der Waals surface area contributed by atoms with Gasteiger partial charge in [0.25, 0.3) is 5.91 Å². The molecular weight excluding hydrogens is 152 g/mol. The minimum absolute atomic E-state index is 0.00519. The number of nitrogens with zero attached hydrogens (tertiary/aromatic N) is 2. The largest absolute Gasteiger partial charge is 0.336 e. The van der Waals surface area contributed by atoms with Crippen LogP contribution in [-0.2, 0) is 4.79 Å². The van der Waals surface area contributed by atoms with Gasteiger partial charge in [-0.05, 0) is 6.92 Å². The van der Waals surface area contributed by atoms with Gasteiger partial charge in [-0.15, -0.1) is 0 Å². The number of likely N-dealkylation sites (N-methyl/N-ethyl adjacent to an activating group) is 1. The molecule has 0 saturated carbocycles. The molecule has 0 aliphatic carbocycles. The van der Waals surface area contributed by atoms with Crippen LogP contribution in [0, 0.1) is 0 Å². The van der Waals surface area contributed by atoms with Crippen molar-refractivity contribution in [1.82, 2.24) is 4.90 Å². The Bertz CT molecular complexity index is 276. The quantitative estimate of drug-likeness (QED) is 0.560. The first-order valence-corrected chi connectivity index (χ1v) is 3.80. The second kappa shape index (κ2) is 3.34. The molecule has 0 N–H and O–H groups in total. The molecule has 1 aliphatic heterocycles. The Balaban J connectivity index is 3.01. The van der Waals surface area contributed by atoms with Crippen molar-refractivity contribution in [2.75, 3.05) is 13.6 Å². The number of carbonyl (C=O) groups is 1. The Kier molecular flexibility index (Phi) is 2.43. The lowest BCUT2D eigenvalue weighted by Crippen LogP contribution is -2.21. The molecule has 0 radical (unpaired) electrons. The van der Waals surface area contributed by atoms with E-state index in [4.69, 9.17) is 0 Å². The highest BCUT2D eigenvalue weighted by atomic mass is 16.2. The molecule has 0 fully saturated rings. The second-order valence-electron chi connectivity index (χ2n) is 2.61. The van der Waals surface area contributed by atoms with Gasteiger partial charge in [-0.1, -0.05) is 12.7 Å². The van der Waals surface area contributed by atoms with E-state index in [1.54, 1.807) is 24.2 Å². The van der Waals surface area contributed by atoms with Crippen molar-refractivity contribution in [2.24, 2.45) is 4.99 Å². The summed E-state index contributed by atoms with van der Waals surface area (Å²) in [5.74, 6) is 0.00519. The van der Waals surface area contributed by atoms with Gasteiger partial charge in [0, 0.05) is 13.3 Å². The summed E-state index contributed by atoms with van der Waals surface area (Å²) in [5, 5.41) is 0. The topological polar surface area (TPSA) is 32.7 Å². The standard InChI is InChI=1S/C9H12N2O/c1-4-7-8(10-5-2)6-11(3)9(7)12/h4-5H,1,6H2,2-3H3/b10-5-. The zero-order valence-corrected chi connectivity index (χ0v) is 7.37. The highest BCUT2D eigenvalue weighted by Crippen LogP contribution is 2.18. The molecule has 3 heteroatoms. The Morgan fingerprint density at radius 1 is 1.67 bits per heavy atom. The smallest absolute Gasteiger partial charge is 0.255 e. The number of hydrogen-bond donors (Lipinski definition) is 0. The lowest BCUT2D eigenvalue weighted by Gasteiger charge is -2.05. The van der Waals surface area contributed by atoms with Crippen LogP contribution >= 0.6 is 0 Å². The molecular formula is C9H12N2O. The van der Waals surface area contributed by atoms with Crippen molar-refractivity contribution in [1.29, 1.82) is 0 Å². The Labute approximate surface area is 72.1 Å². The van der Waals surface area contributed by atoms with E-state index in [9.17, 15) is 4.79 Å². The number of amides is 1. The van der Waals surface area contributed by atoms with Crippen LogP contribution in [0.4, 0.5) is 0 Å². The van der Waals surface area contributed by atoms with Gasteiger partial charge in [0.05, 0.1) is 17.8 Å². The number of hydrogen-bond acceptors (Lipinski definition) is 2. The molecule has 0 bridgehead atoms. The van der Waals surface area contributed by atoms with E-state index in [0.717, 1.165) is 5.70 Å². The lowest BCUT2D eigenvalue weighted by molar-refractivity contribution is -0.124. The van der Waals surface area contributed by atoms with Crippen LogP contribution < -0.4 is 0 Å². The Morgan fingerprint density at radius 2 is 2.33 bits per heavy atom. The SMILES string of the molecule is C=CC1=C(/N=C\C)CN(C)C1=O. The van der Waals surface area contributed by atoms with E-state index in [1.807, 2.05) is 6.92 Å².